The first-order valence-corrected chi connectivity index (χ1v) is 7.61. The summed E-state index contributed by atoms with van der Waals surface area (Å²) in [5.41, 5.74) is 1.23. The number of hydrogen-bond acceptors (Lipinski definition) is 3. The molecule has 2 aliphatic heterocycles. The van der Waals surface area contributed by atoms with E-state index in [0.717, 1.165) is 10.8 Å². The minimum Gasteiger partial charge on any atom is -0.370 e. The molecular weight excluding hydrogens is 278 g/mol. The van der Waals surface area contributed by atoms with Crippen molar-refractivity contribution in [3.63, 3.8) is 0 Å². The smallest absolute Gasteiger partial charge is 0.261 e. The molecule has 1 saturated heterocycles. The van der Waals surface area contributed by atoms with Crippen LogP contribution in [-0.2, 0) is 4.74 Å². The van der Waals surface area contributed by atoms with E-state index in [1.165, 1.54) is 4.90 Å². The zero-order chi connectivity index (χ0) is 15.4. The van der Waals surface area contributed by atoms with Crippen LogP contribution in [0.4, 0.5) is 0 Å². The summed E-state index contributed by atoms with van der Waals surface area (Å²) in [6.07, 6.45) is 0.370. The normalized spacial score (nSPS) is 24.7. The summed E-state index contributed by atoms with van der Waals surface area (Å²) in [4.78, 5) is 26.8. The molecule has 4 rings (SSSR count). The molecule has 0 aromatic heterocycles. The number of carbonyl (C=O) groups is 2. The Morgan fingerprint density at radius 3 is 2.14 bits per heavy atom. The third kappa shape index (κ3) is 1.87. The molecule has 112 valence electrons. The molecule has 2 heterocycles. The molecule has 0 bridgehead atoms. The second-order valence-electron chi connectivity index (χ2n) is 6.21. The fraction of sp³-hybridized carbons (Fsp3) is 0.333. The molecule has 0 spiro atoms. The topological polar surface area (TPSA) is 49.9 Å². The highest BCUT2D eigenvalue weighted by Crippen LogP contribution is 2.33. The van der Waals surface area contributed by atoms with Gasteiger partial charge in [0.05, 0.1) is 12.2 Å². The molecule has 2 amide bonds. The fourth-order valence-electron chi connectivity index (χ4n) is 3.44. The maximum atomic E-state index is 12.7. The molecule has 4 heteroatoms. The van der Waals surface area contributed by atoms with Crippen LogP contribution in [0.1, 0.15) is 34.6 Å². The molecule has 0 N–H and O–H groups in total. The number of hydrogen-bond donors (Lipinski definition) is 0. The number of epoxide rings is 1. The summed E-state index contributed by atoms with van der Waals surface area (Å²) in [7, 11) is 0. The van der Waals surface area contributed by atoms with Crippen molar-refractivity contribution < 1.29 is 14.3 Å². The minimum atomic E-state index is -0.200. The Hall–Kier alpha value is -2.20. The highest BCUT2D eigenvalue weighted by Gasteiger charge is 2.42. The van der Waals surface area contributed by atoms with Crippen molar-refractivity contribution in [3.05, 3.63) is 47.5 Å². The number of amides is 2. The van der Waals surface area contributed by atoms with Crippen LogP contribution in [0.5, 0.6) is 0 Å². The molecule has 2 aromatic carbocycles. The number of ether oxygens (including phenoxy) is 1. The molecule has 4 nitrogen and oxygen atoms in total. The number of benzene rings is 2. The molecule has 0 aliphatic carbocycles. The number of rotatable bonds is 3. The van der Waals surface area contributed by atoms with Gasteiger partial charge in [0.15, 0.2) is 0 Å². The van der Waals surface area contributed by atoms with Gasteiger partial charge in [-0.25, -0.2) is 0 Å². The van der Waals surface area contributed by atoms with E-state index in [1.54, 1.807) is 12.1 Å². The summed E-state index contributed by atoms with van der Waals surface area (Å²) >= 11 is 0. The largest absolute Gasteiger partial charge is 0.370 e. The quantitative estimate of drug-likeness (QED) is 0.646. The average Bonchev–Trinajstić information content (AvgIpc) is 3.26. The van der Waals surface area contributed by atoms with Crippen LogP contribution < -0.4 is 0 Å². The highest BCUT2D eigenvalue weighted by molar-refractivity contribution is 6.25. The first kappa shape index (κ1) is 13.5. The Balaban J connectivity index is 1.75. The van der Waals surface area contributed by atoms with E-state index in [4.69, 9.17) is 4.74 Å². The lowest BCUT2D eigenvalue weighted by Crippen LogP contribution is -2.43. The molecule has 3 atom stereocenters. The number of carbonyl (C=O) groups excluding carboxylic acids is 2. The Labute approximate surface area is 128 Å². The van der Waals surface area contributed by atoms with E-state index in [-0.39, 0.29) is 29.9 Å². The van der Waals surface area contributed by atoms with Crippen LogP contribution in [0.3, 0.4) is 0 Å². The number of imide groups is 1. The monoisotopic (exact) mass is 295 g/mol. The lowest BCUT2D eigenvalue weighted by molar-refractivity contribution is 0.0581. The van der Waals surface area contributed by atoms with Crippen molar-refractivity contribution >= 4 is 22.6 Å². The molecule has 1 fully saturated rings. The fourth-order valence-corrected chi connectivity index (χ4v) is 3.44. The predicted molar refractivity (Wildman–Crippen MR) is 82.8 cm³/mol. The zero-order valence-corrected chi connectivity index (χ0v) is 12.6. The van der Waals surface area contributed by atoms with Crippen molar-refractivity contribution in [3.8, 4) is 0 Å². The summed E-state index contributed by atoms with van der Waals surface area (Å²) in [6, 6.07) is 11.2. The van der Waals surface area contributed by atoms with Crippen molar-refractivity contribution in [2.45, 2.75) is 26.1 Å². The lowest BCUT2D eigenvalue weighted by atomic mass is 9.93. The Kier molecular flexibility index (Phi) is 2.84. The van der Waals surface area contributed by atoms with Gasteiger partial charge in [0.1, 0.15) is 0 Å². The van der Waals surface area contributed by atoms with Crippen LogP contribution in [0.15, 0.2) is 36.4 Å². The molecule has 0 radical (unpaired) electrons. The second kappa shape index (κ2) is 4.65. The summed E-state index contributed by atoms with van der Waals surface area (Å²) < 4.78 is 5.47. The predicted octanol–water partition coefficient (Wildman–Crippen LogP) is 2.86. The van der Waals surface area contributed by atoms with E-state index >= 15 is 0 Å². The van der Waals surface area contributed by atoms with Gasteiger partial charge in [0.25, 0.3) is 11.8 Å². The van der Waals surface area contributed by atoms with Gasteiger partial charge in [-0.15, -0.1) is 0 Å². The van der Waals surface area contributed by atoms with Crippen molar-refractivity contribution in [1.29, 1.82) is 0 Å². The van der Waals surface area contributed by atoms with Crippen molar-refractivity contribution in [1.82, 2.24) is 4.90 Å². The highest BCUT2D eigenvalue weighted by atomic mass is 16.6. The van der Waals surface area contributed by atoms with Gasteiger partial charge in [0.2, 0.25) is 0 Å². The van der Waals surface area contributed by atoms with E-state index in [0.29, 0.717) is 17.7 Å². The molecular formula is C18H17NO3. The van der Waals surface area contributed by atoms with Crippen molar-refractivity contribution in [2.24, 2.45) is 5.92 Å². The van der Waals surface area contributed by atoms with Gasteiger partial charge in [0, 0.05) is 29.0 Å². The lowest BCUT2D eigenvalue weighted by Gasteiger charge is -2.29. The van der Waals surface area contributed by atoms with Crippen LogP contribution >= 0.6 is 0 Å². The van der Waals surface area contributed by atoms with Gasteiger partial charge >= 0.3 is 0 Å². The van der Waals surface area contributed by atoms with E-state index in [2.05, 4.69) is 0 Å². The Morgan fingerprint density at radius 1 is 1.09 bits per heavy atom. The third-order valence-corrected chi connectivity index (χ3v) is 4.65. The average molecular weight is 295 g/mol. The van der Waals surface area contributed by atoms with E-state index in [9.17, 15) is 9.59 Å². The molecule has 2 aliphatic rings. The molecule has 2 aromatic rings. The SMILES string of the molecule is CC(CN1C(=O)c2cccc3cccc(c23)C1=O)C1OC1C. The first-order valence-electron chi connectivity index (χ1n) is 7.61. The Bertz CT molecular complexity index is 747. The minimum absolute atomic E-state index is 0.146. The van der Waals surface area contributed by atoms with Gasteiger partial charge in [-0.05, 0) is 24.4 Å². The second-order valence-corrected chi connectivity index (χ2v) is 6.21. The van der Waals surface area contributed by atoms with Crippen LogP contribution in [0, 0.1) is 5.92 Å². The van der Waals surface area contributed by atoms with Gasteiger partial charge < -0.3 is 4.74 Å². The summed E-state index contributed by atoms with van der Waals surface area (Å²) in [6.45, 7) is 4.43. The van der Waals surface area contributed by atoms with E-state index in [1.807, 2.05) is 38.1 Å². The summed E-state index contributed by atoms with van der Waals surface area (Å²) in [5, 5.41) is 1.71. The maximum Gasteiger partial charge on any atom is 0.261 e. The van der Waals surface area contributed by atoms with Gasteiger partial charge in [-0.3, -0.25) is 14.5 Å². The summed E-state index contributed by atoms with van der Waals surface area (Å²) in [5.74, 6) is -0.253. The van der Waals surface area contributed by atoms with Gasteiger partial charge in [-0.2, -0.15) is 0 Å². The van der Waals surface area contributed by atoms with Crippen molar-refractivity contribution in [2.75, 3.05) is 6.54 Å². The standard InChI is InChI=1S/C18H17NO3/c1-10(16-11(2)22-16)9-19-17(20)13-7-3-5-12-6-4-8-14(15(12)13)18(19)21/h3-8,10-11,16H,9H2,1-2H3. The molecule has 3 unspecified atom stereocenters. The molecule has 0 saturated carbocycles. The van der Waals surface area contributed by atoms with Crippen LogP contribution in [0.2, 0.25) is 0 Å². The number of nitrogens with zero attached hydrogens (tertiary/aromatic N) is 1. The van der Waals surface area contributed by atoms with Crippen LogP contribution in [0.25, 0.3) is 10.8 Å². The van der Waals surface area contributed by atoms with Crippen LogP contribution in [-0.4, -0.2) is 35.5 Å². The zero-order valence-electron chi connectivity index (χ0n) is 12.6. The Morgan fingerprint density at radius 2 is 1.64 bits per heavy atom. The maximum absolute atomic E-state index is 12.7. The third-order valence-electron chi connectivity index (χ3n) is 4.65. The molecule has 22 heavy (non-hydrogen) atoms. The van der Waals surface area contributed by atoms with Gasteiger partial charge in [-0.1, -0.05) is 31.2 Å². The van der Waals surface area contributed by atoms with E-state index < -0.39 is 0 Å². The first-order chi connectivity index (χ1) is 10.6.